The summed E-state index contributed by atoms with van der Waals surface area (Å²) < 4.78 is 0. The number of nitro benzene ring substituents is 1. The van der Waals surface area contributed by atoms with Crippen molar-refractivity contribution < 1.29 is 19.3 Å². The van der Waals surface area contributed by atoms with E-state index in [0.29, 0.717) is 21.9 Å². The monoisotopic (exact) mass is 489 g/mol. The molecule has 4 rings (SSSR count). The summed E-state index contributed by atoms with van der Waals surface area (Å²) in [5.74, 6) is -1.75. The number of nitrogens with zero attached hydrogens (tertiary/aromatic N) is 2. The van der Waals surface area contributed by atoms with Gasteiger partial charge in [0.05, 0.1) is 10.6 Å². The predicted molar refractivity (Wildman–Crippen MR) is 132 cm³/mol. The average molecular weight is 490 g/mol. The number of carbonyl (C=O) groups excluding carboxylic acids is 3. The zero-order valence-corrected chi connectivity index (χ0v) is 19.6. The van der Waals surface area contributed by atoms with Crippen LogP contribution in [-0.4, -0.2) is 22.8 Å². The summed E-state index contributed by atoms with van der Waals surface area (Å²) in [7, 11) is 0. The molecule has 0 radical (unpaired) electrons. The van der Waals surface area contributed by atoms with Crippen molar-refractivity contribution in [3.05, 3.63) is 109 Å². The van der Waals surface area contributed by atoms with E-state index in [1.54, 1.807) is 12.1 Å². The number of non-ortho nitro benzene ring substituents is 1. The zero-order valence-electron chi connectivity index (χ0n) is 18.9. The number of halogens is 1. The molecular formula is C26H20ClN3O5. The van der Waals surface area contributed by atoms with Gasteiger partial charge in [-0.1, -0.05) is 53.1 Å². The van der Waals surface area contributed by atoms with E-state index in [0.717, 1.165) is 28.3 Å². The van der Waals surface area contributed by atoms with Crippen molar-refractivity contribution >= 4 is 46.9 Å². The van der Waals surface area contributed by atoms with Crippen LogP contribution in [0.5, 0.6) is 0 Å². The second-order valence-electron chi connectivity index (χ2n) is 8.25. The number of urea groups is 1. The van der Waals surface area contributed by atoms with Gasteiger partial charge in [0.1, 0.15) is 5.57 Å². The van der Waals surface area contributed by atoms with Crippen molar-refractivity contribution in [2.45, 2.75) is 20.3 Å². The highest BCUT2D eigenvalue weighted by atomic mass is 35.5. The number of nitro groups is 1. The number of amides is 4. The molecule has 0 atom stereocenters. The van der Waals surface area contributed by atoms with Gasteiger partial charge in [-0.05, 0) is 61.2 Å². The average Bonchev–Trinajstić information content (AvgIpc) is 2.77. The molecule has 1 aliphatic rings. The summed E-state index contributed by atoms with van der Waals surface area (Å²) in [5.41, 5.74) is 4.04. The quantitative estimate of drug-likeness (QED) is 0.231. The fraction of sp³-hybridized carbons (Fsp3) is 0.115. The predicted octanol–water partition coefficient (Wildman–Crippen LogP) is 5.12. The Morgan fingerprint density at radius 1 is 1.00 bits per heavy atom. The lowest BCUT2D eigenvalue weighted by molar-refractivity contribution is -0.384. The summed E-state index contributed by atoms with van der Waals surface area (Å²) in [6.07, 6.45) is 1.92. The van der Waals surface area contributed by atoms with Crippen molar-refractivity contribution in [3.8, 4) is 0 Å². The van der Waals surface area contributed by atoms with Crippen LogP contribution in [0.2, 0.25) is 5.02 Å². The van der Waals surface area contributed by atoms with Crippen molar-refractivity contribution in [1.82, 2.24) is 5.32 Å². The van der Waals surface area contributed by atoms with Crippen molar-refractivity contribution in [2.24, 2.45) is 0 Å². The van der Waals surface area contributed by atoms with Crippen LogP contribution in [-0.2, 0) is 16.0 Å². The van der Waals surface area contributed by atoms with Crippen molar-refractivity contribution in [3.63, 3.8) is 0 Å². The van der Waals surface area contributed by atoms with E-state index in [1.807, 2.05) is 19.9 Å². The SMILES string of the molecule is Cc1cc(C)cc(Cc2ccc(Cl)cc2/C=C2\C(=O)NC(=O)N(c3cccc([N+](=O)[O-])c3)C2=O)c1. The Balaban J connectivity index is 1.75. The van der Waals surface area contributed by atoms with Crippen LogP contribution in [0.1, 0.15) is 27.8 Å². The molecule has 3 aromatic carbocycles. The minimum absolute atomic E-state index is 0.0262. The molecule has 0 aromatic heterocycles. The summed E-state index contributed by atoms with van der Waals surface area (Å²) >= 11 is 6.21. The molecule has 0 saturated carbocycles. The molecule has 0 aliphatic carbocycles. The third-order valence-electron chi connectivity index (χ3n) is 5.48. The van der Waals surface area contributed by atoms with Crippen LogP contribution < -0.4 is 10.2 Å². The van der Waals surface area contributed by atoms with E-state index in [1.165, 1.54) is 24.3 Å². The first-order valence-electron chi connectivity index (χ1n) is 10.6. The second kappa shape index (κ2) is 9.52. The fourth-order valence-corrected chi connectivity index (χ4v) is 4.23. The maximum atomic E-state index is 13.2. The topological polar surface area (TPSA) is 110 Å². The standard InChI is InChI=1S/C26H20ClN3O5/c1-15-8-16(2)10-17(9-15)11-18-6-7-20(27)12-19(18)13-23-24(31)28-26(33)29(25(23)32)21-4-3-5-22(14-21)30(34)35/h3-10,12-14H,11H2,1-2H3,(H,28,31,33)/b23-13+. The van der Waals surface area contributed by atoms with Crippen LogP contribution in [0.4, 0.5) is 16.2 Å². The van der Waals surface area contributed by atoms with E-state index in [-0.39, 0.29) is 16.9 Å². The first-order valence-corrected chi connectivity index (χ1v) is 11.0. The highest BCUT2D eigenvalue weighted by Gasteiger charge is 2.37. The van der Waals surface area contributed by atoms with E-state index in [4.69, 9.17) is 11.6 Å². The maximum Gasteiger partial charge on any atom is 0.335 e. The van der Waals surface area contributed by atoms with Crippen LogP contribution in [0, 0.1) is 24.0 Å². The second-order valence-corrected chi connectivity index (χ2v) is 8.69. The van der Waals surface area contributed by atoms with Gasteiger partial charge in [0.25, 0.3) is 17.5 Å². The number of anilines is 1. The molecule has 1 fully saturated rings. The van der Waals surface area contributed by atoms with Gasteiger partial charge in [-0.15, -0.1) is 0 Å². The molecule has 0 spiro atoms. The molecular weight excluding hydrogens is 470 g/mol. The van der Waals surface area contributed by atoms with Gasteiger partial charge in [0, 0.05) is 17.2 Å². The van der Waals surface area contributed by atoms with Crippen LogP contribution in [0.15, 0.2) is 66.2 Å². The lowest BCUT2D eigenvalue weighted by Crippen LogP contribution is -2.54. The minimum Gasteiger partial charge on any atom is -0.273 e. The maximum absolute atomic E-state index is 13.2. The Labute approximate surface area is 206 Å². The van der Waals surface area contributed by atoms with Crippen molar-refractivity contribution in [2.75, 3.05) is 4.90 Å². The molecule has 35 heavy (non-hydrogen) atoms. The molecule has 1 heterocycles. The molecule has 176 valence electrons. The van der Waals surface area contributed by atoms with Gasteiger partial charge in [0.15, 0.2) is 0 Å². The van der Waals surface area contributed by atoms with E-state index in [2.05, 4.69) is 23.5 Å². The molecule has 8 nitrogen and oxygen atoms in total. The van der Waals surface area contributed by atoms with Crippen LogP contribution in [0.3, 0.4) is 0 Å². The van der Waals surface area contributed by atoms with E-state index >= 15 is 0 Å². The number of carbonyl (C=O) groups is 3. The lowest BCUT2D eigenvalue weighted by atomic mass is 9.95. The largest absolute Gasteiger partial charge is 0.335 e. The highest BCUT2D eigenvalue weighted by molar-refractivity contribution is 6.39. The van der Waals surface area contributed by atoms with Crippen molar-refractivity contribution in [1.29, 1.82) is 0 Å². The summed E-state index contributed by atoms with van der Waals surface area (Å²) in [6, 6.07) is 15.4. The molecule has 1 N–H and O–H groups in total. The lowest BCUT2D eigenvalue weighted by Gasteiger charge is -2.26. The molecule has 1 aliphatic heterocycles. The smallest absolute Gasteiger partial charge is 0.273 e. The Bertz CT molecular complexity index is 1410. The van der Waals surface area contributed by atoms with Gasteiger partial charge >= 0.3 is 6.03 Å². The van der Waals surface area contributed by atoms with Gasteiger partial charge in [-0.25, -0.2) is 9.69 Å². The normalized spacial score (nSPS) is 14.9. The van der Waals surface area contributed by atoms with Gasteiger partial charge < -0.3 is 0 Å². The fourth-order valence-electron chi connectivity index (χ4n) is 4.05. The zero-order chi connectivity index (χ0) is 25.3. The Morgan fingerprint density at radius 3 is 2.40 bits per heavy atom. The number of nitrogens with one attached hydrogen (secondary N) is 1. The third-order valence-corrected chi connectivity index (χ3v) is 5.72. The highest BCUT2D eigenvalue weighted by Crippen LogP contribution is 2.27. The van der Waals surface area contributed by atoms with Crippen LogP contribution in [0.25, 0.3) is 6.08 Å². The number of imide groups is 2. The Morgan fingerprint density at radius 2 is 1.71 bits per heavy atom. The third kappa shape index (κ3) is 5.12. The number of rotatable bonds is 5. The number of hydrogen-bond acceptors (Lipinski definition) is 5. The number of barbiturate groups is 1. The van der Waals surface area contributed by atoms with Crippen LogP contribution >= 0.6 is 11.6 Å². The first kappa shape index (κ1) is 23.8. The molecule has 0 unspecified atom stereocenters. The number of aryl methyl sites for hydroxylation is 2. The number of benzene rings is 3. The molecule has 0 bridgehead atoms. The van der Waals surface area contributed by atoms with Gasteiger partial charge in [-0.3, -0.25) is 25.0 Å². The first-order chi connectivity index (χ1) is 16.6. The summed E-state index contributed by atoms with van der Waals surface area (Å²) in [5, 5.41) is 13.7. The Kier molecular flexibility index (Phi) is 6.48. The minimum atomic E-state index is -0.987. The molecule has 1 saturated heterocycles. The molecule has 4 amide bonds. The molecule has 9 heteroatoms. The number of hydrogen-bond donors (Lipinski definition) is 1. The van der Waals surface area contributed by atoms with Gasteiger partial charge in [-0.2, -0.15) is 0 Å². The van der Waals surface area contributed by atoms with E-state index < -0.39 is 22.8 Å². The molecule has 3 aromatic rings. The summed E-state index contributed by atoms with van der Waals surface area (Å²) in [6.45, 7) is 4.01. The van der Waals surface area contributed by atoms with Gasteiger partial charge in [0.2, 0.25) is 0 Å². The summed E-state index contributed by atoms with van der Waals surface area (Å²) in [4.78, 5) is 49.6. The Hall–Kier alpha value is -4.30. The van der Waals surface area contributed by atoms with E-state index in [9.17, 15) is 24.5 Å².